The van der Waals surface area contributed by atoms with E-state index in [9.17, 15) is 4.79 Å². The summed E-state index contributed by atoms with van der Waals surface area (Å²) in [5, 5.41) is 0. The highest BCUT2D eigenvalue weighted by Gasteiger charge is 2.48. The molecule has 0 aromatic carbocycles. The Kier molecular flexibility index (Phi) is 3.65. The minimum absolute atomic E-state index is 0.0216. The molecule has 2 rings (SSSR count). The van der Waals surface area contributed by atoms with Gasteiger partial charge in [-0.2, -0.15) is 0 Å². The molecule has 2 aliphatic rings. The van der Waals surface area contributed by atoms with E-state index in [1.807, 2.05) is 6.92 Å². The van der Waals surface area contributed by atoms with Gasteiger partial charge in [0.2, 0.25) is 0 Å². The Morgan fingerprint density at radius 2 is 2.21 bits per heavy atom. The van der Waals surface area contributed by atoms with Gasteiger partial charge in [0.25, 0.3) is 0 Å². The molecule has 4 nitrogen and oxygen atoms in total. The monoisotopic (exact) mass is 266 g/mol. The number of nitrogens with two attached hydrogens (primary N) is 1. The second kappa shape index (κ2) is 4.82. The molecule has 2 atom stereocenters. The highest BCUT2D eigenvalue weighted by Crippen LogP contribution is 2.51. The first-order valence-electron chi connectivity index (χ1n) is 7.19. The van der Waals surface area contributed by atoms with E-state index in [4.69, 9.17) is 10.5 Å². The maximum Gasteiger partial charge on any atom is 0.410 e. The Morgan fingerprint density at radius 3 is 2.84 bits per heavy atom. The first-order chi connectivity index (χ1) is 8.81. The van der Waals surface area contributed by atoms with Gasteiger partial charge in [0.1, 0.15) is 0 Å². The smallest absolute Gasteiger partial charge is 0.410 e. The SMILES string of the molecule is CCOC(=O)N1CC=C2C(C)(CCC(N)C2(C)C)C1. The summed E-state index contributed by atoms with van der Waals surface area (Å²) in [7, 11) is 0. The molecule has 108 valence electrons. The quantitative estimate of drug-likeness (QED) is 0.742. The van der Waals surface area contributed by atoms with Gasteiger partial charge in [-0.25, -0.2) is 4.79 Å². The lowest BCUT2D eigenvalue weighted by atomic mass is 9.57. The summed E-state index contributed by atoms with van der Waals surface area (Å²) in [6, 6.07) is 0.209. The Bertz CT molecular complexity index is 403. The predicted octanol–water partition coefficient (Wildman–Crippen LogP) is 2.54. The number of nitrogens with zero attached hydrogens (tertiary/aromatic N) is 1. The molecular weight excluding hydrogens is 240 g/mol. The van der Waals surface area contributed by atoms with Gasteiger partial charge in [-0.1, -0.05) is 32.4 Å². The standard InChI is InChI=1S/C15H26N2O2/c1-5-19-13(18)17-9-7-11-14(2,3)12(16)6-8-15(11,4)10-17/h7,12H,5-6,8-10,16H2,1-4H3. The van der Waals surface area contributed by atoms with Crippen LogP contribution in [0.3, 0.4) is 0 Å². The molecule has 0 saturated heterocycles. The van der Waals surface area contributed by atoms with E-state index >= 15 is 0 Å². The summed E-state index contributed by atoms with van der Waals surface area (Å²) >= 11 is 0. The fourth-order valence-corrected chi connectivity index (χ4v) is 3.66. The van der Waals surface area contributed by atoms with E-state index in [1.165, 1.54) is 5.57 Å². The van der Waals surface area contributed by atoms with Crippen LogP contribution in [0.5, 0.6) is 0 Å². The van der Waals surface area contributed by atoms with Crippen molar-refractivity contribution in [3.63, 3.8) is 0 Å². The molecule has 0 bridgehead atoms. The Labute approximate surface area is 116 Å². The first-order valence-corrected chi connectivity index (χ1v) is 7.19. The number of carbonyl (C=O) groups excluding carboxylic acids is 1. The lowest BCUT2D eigenvalue weighted by Gasteiger charge is -2.52. The maximum absolute atomic E-state index is 11.9. The van der Waals surface area contributed by atoms with Gasteiger partial charge in [0.15, 0.2) is 0 Å². The minimum atomic E-state index is -0.202. The van der Waals surface area contributed by atoms with Crippen LogP contribution in [0, 0.1) is 10.8 Å². The van der Waals surface area contributed by atoms with Crippen molar-refractivity contribution in [2.24, 2.45) is 16.6 Å². The molecule has 19 heavy (non-hydrogen) atoms. The average molecular weight is 266 g/mol. The van der Waals surface area contributed by atoms with E-state index in [0.717, 1.165) is 19.4 Å². The van der Waals surface area contributed by atoms with Crippen molar-refractivity contribution >= 4 is 6.09 Å². The maximum atomic E-state index is 11.9. The van der Waals surface area contributed by atoms with Gasteiger partial charge in [0, 0.05) is 30.0 Å². The molecule has 4 heteroatoms. The molecular formula is C15H26N2O2. The fourth-order valence-electron chi connectivity index (χ4n) is 3.66. The van der Waals surface area contributed by atoms with E-state index in [-0.39, 0.29) is 23.0 Å². The number of carbonyl (C=O) groups is 1. The van der Waals surface area contributed by atoms with Crippen molar-refractivity contribution in [2.75, 3.05) is 19.7 Å². The van der Waals surface area contributed by atoms with E-state index < -0.39 is 0 Å². The number of amides is 1. The van der Waals surface area contributed by atoms with Gasteiger partial charge >= 0.3 is 6.09 Å². The molecule has 2 unspecified atom stereocenters. The molecule has 1 saturated carbocycles. The fraction of sp³-hybridized carbons (Fsp3) is 0.800. The highest BCUT2D eigenvalue weighted by atomic mass is 16.6. The number of hydrogen-bond acceptors (Lipinski definition) is 3. The number of hydrogen-bond donors (Lipinski definition) is 1. The zero-order valence-corrected chi connectivity index (χ0v) is 12.5. The van der Waals surface area contributed by atoms with Crippen LogP contribution in [0.1, 0.15) is 40.5 Å². The summed E-state index contributed by atoms with van der Waals surface area (Å²) in [4.78, 5) is 13.7. The largest absolute Gasteiger partial charge is 0.450 e. The highest BCUT2D eigenvalue weighted by molar-refractivity contribution is 5.68. The predicted molar refractivity (Wildman–Crippen MR) is 75.8 cm³/mol. The van der Waals surface area contributed by atoms with Gasteiger partial charge in [-0.15, -0.1) is 0 Å². The van der Waals surface area contributed by atoms with Crippen LogP contribution in [0.2, 0.25) is 0 Å². The molecule has 0 radical (unpaired) electrons. The molecule has 1 heterocycles. The minimum Gasteiger partial charge on any atom is -0.450 e. The molecule has 1 amide bonds. The van der Waals surface area contributed by atoms with E-state index in [2.05, 4.69) is 26.8 Å². The normalized spacial score (nSPS) is 33.4. The van der Waals surface area contributed by atoms with Crippen molar-refractivity contribution in [3.05, 3.63) is 11.6 Å². The summed E-state index contributed by atoms with van der Waals surface area (Å²) in [6.45, 7) is 10.3. The van der Waals surface area contributed by atoms with Crippen molar-refractivity contribution < 1.29 is 9.53 Å². The van der Waals surface area contributed by atoms with Crippen LogP contribution in [0.15, 0.2) is 11.6 Å². The number of ether oxygens (including phenoxy) is 1. The first kappa shape index (κ1) is 14.4. The van der Waals surface area contributed by atoms with Crippen LogP contribution in [-0.4, -0.2) is 36.7 Å². The zero-order valence-electron chi connectivity index (χ0n) is 12.5. The van der Waals surface area contributed by atoms with Crippen LogP contribution < -0.4 is 5.73 Å². The zero-order chi connectivity index (χ0) is 14.3. The molecule has 0 spiro atoms. The Balaban J connectivity index is 2.24. The van der Waals surface area contributed by atoms with Crippen LogP contribution >= 0.6 is 0 Å². The summed E-state index contributed by atoms with van der Waals surface area (Å²) in [6.07, 6.45) is 4.04. The molecule has 1 aliphatic carbocycles. The van der Waals surface area contributed by atoms with E-state index in [0.29, 0.717) is 13.2 Å². The molecule has 1 fully saturated rings. The summed E-state index contributed by atoms with van der Waals surface area (Å²) in [5.74, 6) is 0. The van der Waals surface area contributed by atoms with E-state index in [1.54, 1.807) is 4.90 Å². The third-order valence-corrected chi connectivity index (χ3v) is 4.86. The van der Waals surface area contributed by atoms with Gasteiger partial charge in [-0.05, 0) is 19.8 Å². The van der Waals surface area contributed by atoms with Gasteiger partial charge in [0.05, 0.1) is 6.61 Å². The topological polar surface area (TPSA) is 55.6 Å². The molecule has 0 aromatic rings. The van der Waals surface area contributed by atoms with Crippen molar-refractivity contribution in [2.45, 2.75) is 46.6 Å². The average Bonchev–Trinajstić information content (AvgIpc) is 2.34. The number of fused-ring (bicyclic) bond motifs is 1. The summed E-state index contributed by atoms with van der Waals surface area (Å²) < 4.78 is 5.11. The Hall–Kier alpha value is -1.03. The molecule has 1 aliphatic heterocycles. The second-order valence-corrected chi connectivity index (χ2v) is 6.62. The van der Waals surface area contributed by atoms with Crippen LogP contribution in [0.25, 0.3) is 0 Å². The number of rotatable bonds is 1. The molecule has 0 aromatic heterocycles. The van der Waals surface area contributed by atoms with Gasteiger partial charge in [-0.3, -0.25) is 0 Å². The lowest BCUT2D eigenvalue weighted by Crippen LogP contribution is -2.54. The van der Waals surface area contributed by atoms with Gasteiger partial charge < -0.3 is 15.4 Å². The molecule has 2 N–H and O–H groups in total. The van der Waals surface area contributed by atoms with Crippen molar-refractivity contribution in [1.29, 1.82) is 0 Å². The van der Waals surface area contributed by atoms with Crippen LogP contribution in [-0.2, 0) is 4.74 Å². The summed E-state index contributed by atoms with van der Waals surface area (Å²) in [5.41, 5.74) is 7.76. The van der Waals surface area contributed by atoms with Crippen molar-refractivity contribution in [3.8, 4) is 0 Å². The Morgan fingerprint density at radius 1 is 1.53 bits per heavy atom. The lowest BCUT2D eigenvalue weighted by molar-refractivity contribution is 0.0713. The second-order valence-electron chi connectivity index (χ2n) is 6.62. The third-order valence-electron chi connectivity index (χ3n) is 4.86. The third kappa shape index (κ3) is 2.38. The van der Waals surface area contributed by atoms with Crippen LogP contribution in [0.4, 0.5) is 4.79 Å². The van der Waals surface area contributed by atoms with Crippen molar-refractivity contribution in [1.82, 2.24) is 4.90 Å².